The van der Waals surface area contributed by atoms with Crippen LogP contribution >= 0.6 is 7.82 Å². The van der Waals surface area contributed by atoms with E-state index < -0.39 is 32.5 Å². The molecule has 0 aliphatic carbocycles. The maximum absolute atomic E-state index is 12.9. The van der Waals surface area contributed by atoms with Crippen molar-refractivity contribution < 1.29 is 42.1 Å². The van der Waals surface area contributed by atoms with E-state index in [9.17, 15) is 19.0 Å². The largest absolute Gasteiger partial charge is 0.472 e. The Morgan fingerprint density at radius 1 is 0.344 bits per heavy atom. The number of carbonyl (C=O) groups is 2. The zero-order chi connectivity index (χ0) is 65.5. The van der Waals surface area contributed by atoms with E-state index in [2.05, 4.69) is 220 Å². The maximum Gasteiger partial charge on any atom is 0.472 e. The summed E-state index contributed by atoms with van der Waals surface area (Å²) in [5.41, 5.74) is 0. The predicted molar refractivity (Wildman–Crippen MR) is 389 cm³/mol. The summed E-state index contributed by atoms with van der Waals surface area (Å²) in [7, 11) is 1.42. The van der Waals surface area contributed by atoms with Crippen molar-refractivity contribution >= 4 is 19.8 Å². The van der Waals surface area contributed by atoms with Gasteiger partial charge in [-0.05, 0) is 148 Å². The number of allylic oxidation sites excluding steroid dienone is 34. The fraction of sp³-hybridized carbons (Fsp3) is 0.550. The molecule has 1 N–H and O–H groups in total. The summed E-state index contributed by atoms with van der Waals surface area (Å²) in [4.78, 5) is 35.8. The summed E-state index contributed by atoms with van der Waals surface area (Å²) in [5.74, 6) is -0.856. The number of ether oxygens (including phenoxy) is 2. The third-order valence-corrected chi connectivity index (χ3v) is 14.8. The number of phosphoric ester groups is 1. The highest BCUT2D eigenvalue weighted by Crippen LogP contribution is 2.43. The van der Waals surface area contributed by atoms with E-state index in [-0.39, 0.29) is 26.1 Å². The van der Waals surface area contributed by atoms with Gasteiger partial charge in [-0.2, -0.15) is 0 Å². The Morgan fingerprint density at radius 2 is 0.600 bits per heavy atom. The van der Waals surface area contributed by atoms with Crippen molar-refractivity contribution in [2.75, 3.05) is 47.5 Å². The second-order valence-electron chi connectivity index (χ2n) is 23.4. The van der Waals surface area contributed by atoms with Gasteiger partial charge >= 0.3 is 19.8 Å². The lowest BCUT2D eigenvalue weighted by atomic mass is 10.0. The number of nitrogens with zero attached hydrogens (tertiary/aromatic N) is 1. The van der Waals surface area contributed by atoms with Gasteiger partial charge < -0.3 is 18.9 Å². The van der Waals surface area contributed by atoms with Gasteiger partial charge in [0.05, 0.1) is 27.7 Å². The van der Waals surface area contributed by atoms with E-state index in [1.165, 1.54) is 38.5 Å². The van der Waals surface area contributed by atoms with Crippen LogP contribution in [0.1, 0.15) is 232 Å². The summed E-state index contributed by atoms with van der Waals surface area (Å²) >= 11 is 0. The highest BCUT2D eigenvalue weighted by atomic mass is 31.2. The molecule has 0 aliphatic heterocycles. The van der Waals surface area contributed by atoms with Crippen LogP contribution in [0, 0.1) is 0 Å². The molecule has 2 atom stereocenters. The SMILES string of the molecule is CC/C=C\C/C=C\C/C=C\C/C=C\C/C=C\C/C=C\C/C=C\C/C=C\C/C=C\C/C=C\CCCCCCCCCCCCC(=O)OC(COC(=O)CCCCC/C=C\C/C=C\C/C=C\C/C=C\C/C=C\C/C=C\C/C=C\CC)COP(=O)(O)OCC[N+](C)(C)C. The molecule has 0 heterocycles. The average Bonchev–Trinajstić information content (AvgIpc) is 3.62. The van der Waals surface area contributed by atoms with Crippen LogP contribution in [0.3, 0.4) is 0 Å². The molecule has 0 aliphatic rings. The van der Waals surface area contributed by atoms with Crippen LogP contribution in [0.25, 0.3) is 0 Å². The normalized spacial score (nSPS) is 14.4. The number of phosphoric acid groups is 1. The molecular weight excluding hydrogens is 1130 g/mol. The maximum atomic E-state index is 12.9. The lowest BCUT2D eigenvalue weighted by molar-refractivity contribution is -0.870. The fourth-order valence-corrected chi connectivity index (χ4v) is 9.29. The number of quaternary nitrogens is 1. The number of hydrogen-bond donors (Lipinski definition) is 1. The Morgan fingerprint density at radius 3 is 0.900 bits per heavy atom. The molecule has 90 heavy (non-hydrogen) atoms. The molecular formula is C80H127NO8P+. The topological polar surface area (TPSA) is 108 Å². The summed E-state index contributed by atoms with van der Waals surface area (Å²) in [6.45, 7) is 4.13. The summed E-state index contributed by atoms with van der Waals surface area (Å²) in [6.07, 6.45) is 108. The zero-order valence-electron chi connectivity index (χ0n) is 57.3. The van der Waals surface area contributed by atoms with Gasteiger partial charge in [-0.15, -0.1) is 0 Å². The van der Waals surface area contributed by atoms with Crippen LogP contribution in [-0.4, -0.2) is 74.9 Å². The quantitative estimate of drug-likeness (QED) is 0.0211. The second-order valence-corrected chi connectivity index (χ2v) is 24.9. The molecule has 2 unspecified atom stereocenters. The van der Waals surface area contributed by atoms with E-state index in [0.717, 1.165) is 154 Å². The summed E-state index contributed by atoms with van der Waals surface area (Å²) in [6, 6.07) is 0. The molecule has 9 nitrogen and oxygen atoms in total. The van der Waals surface area contributed by atoms with Gasteiger partial charge in [0.2, 0.25) is 0 Å². The number of likely N-dealkylation sites (N-methyl/N-ethyl adjacent to an activating group) is 1. The van der Waals surface area contributed by atoms with Crippen LogP contribution in [-0.2, 0) is 32.7 Å². The van der Waals surface area contributed by atoms with Gasteiger partial charge in [-0.25, -0.2) is 4.57 Å². The number of carbonyl (C=O) groups excluding carboxylic acids is 2. The number of unbranched alkanes of at least 4 members (excludes halogenated alkanes) is 13. The highest BCUT2D eigenvalue weighted by Gasteiger charge is 2.27. The molecule has 0 rings (SSSR count). The fourth-order valence-electron chi connectivity index (χ4n) is 8.55. The van der Waals surface area contributed by atoms with Crippen LogP contribution in [0.5, 0.6) is 0 Å². The lowest BCUT2D eigenvalue weighted by Crippen LogP contribution is -2.37. The van der Waals surface area contributed by atoms with Crippen molar-refractivity contribution in [3.63, 3.8) is 0 Å². The van der Waals surface area contributed by atoms with Crippen molar-refractivity contribution in [3.8, 4) is 0 Å². The average molecular weight is 1260 g/mol. The molecule has 10 heteroatoms. The molecule has 0 radical (unpaired) electrons. The van der Waals surface area contributed by atoms with E-state index in [4.69, 9.17) is 18.5 Å². The molecule has 0 spiro atoms. The second kappa shape index (κ2) is 68.0. The molecule has 0 fully saturated rings. The van der Waals surface area contributed by atoms with Gasteiger partial charge in [-0.3, -0.25) is 18.6 Å². The molecule has 504 valence electrons. The zero-order valence-corrected chi connectivity index (χ0v) is 58.2. The Hall–Kier alpha value is -5.41. The monoisotopic (exact) mass is 1260 g/mol. The minimum absolute atomic E-state index is 0.0136. The van der Waals surface area contributed by atoms with Crippen LogP contribution in [0.2, 0.25) is 0 Å². The molecule has 0 saturated heterocycles. The summed E-state index contributed by atoms with van der Waals surface area (Å²) in [5, 5.41) is 0. The Balaban J connectivity index is 4.18. The first kappa shape index (κ1) is 84.6. The third kappa shape index (κ3) is 71.7. The Labute approximate surface area is 551 Å². The Kier molecular flexibility index (Phi) is 63.9. The highest BCUT2D eigenvalue weighted by molar-refractivity contribution is 7.47. The number of esters is 2. The van der Waals surface area contributed by atoms with E-state index >= 15 is 0 Å². The smallest absolute Gasteiger partial charge is 0.462 e. The number of rotatable bonds is 61. The first-order chi connectivity index (χ1) is 44.0. The van der Waals surface area contributed by atoms with Crippen molar-refractivity contribution in [1.29, 1.82) is 0 Å². The van der Waals surface area contributed by atoms with E-state index in [1.807, 2.05) is 21.1 Å². The molecule has 0 aromatic rings. The lowest BCUT2D eigenvalue weighted by Gasteiger charge is -2.24. The van der Waals surface area contributed by atoms with Crippen LogP contribution in [0.15, 0.2) is 207 Å². The van der Waals surface area contributed by atoms with E-state index in [0.29, 0.717) is 23.9 Å². The van der Waals surface area contributed by atoms with Gasteiger partial charge in [0.25, 0.3) is 0 Å². The standard InChI is InChI=1S/C80H126NO8P/c1-6-8-10-12-14-16-18-20-22-24-26-28-30-32-33-34-35-36-37-38-39-40-41-42-43-44-45-46-47-49-51-53-55-57-59-61-63-65-67-69-71-73-80(83)89-78(77-88-90(84,85)87-75-74-81(3,4)5)76-86-79(82)72-70-68-66-64-62-60-58-56-54-52-50-48-31-29-27-25-23-21-19-17-15-13-11-9-7-2/h8-11,14-17,20-23,26-29,32-33,35-36,38-39,41-42,44-45,47-50,54,56,60,62,78H,6-7,12-13,18-19,24-25,30-31,34,37,40,43,46,51-53,55,57-59,61,63-77H2,1-5H3/p+1/b10-8-,11-9-,16-14-,17-15-,22-20-,23-21-,28-26-,29-27-,33-32-,36-35-,39-38-,42-41-,45-44-,49-47-,50-48-,56-54-,62-60-. The predicted octanol–water partition coefficient (Wildman–Crippen LogP) is 23.0. The molecule has 0 saturated carbocycles. The van der Waals surface area contributed by atoms with Crippen LogP contribution in [0.4, 0.5) is 0 Å². The molecule has 0 aromatic heterocycles. The molecule has 0 bridgehead atoms. The Bertz CT molecular complexity index is 2270. The van der Waals surface area contributed by atoms with Gasteiger partial charge in [0, 0.05) is 12.8 Å². The third-order valence-electron chi connectivity index (χ3n) is 13.8. The molecule has 0 amide bonds. The van der Waals surface area contributed by atoms with E-state index in [1.54, 1.807) is 0 Å². The van der Waals surface area contributed by atoms with Crippen molar-refractivity contribution in [2.24, 2.45) is 0 Å². The molecule has 0 aromatic carbocycles. The van der Waals surface area contributed by atoms with Gasteiger partial charge in [-0.1, -0.05) is 278 Å². The minimum Gasteiger partial charge on any atom is -0.462 e. The van der Waals surface area contributed by atoms with Gasteiger partial charge in [0.15, 0.2) is 6.10 Å². The first-order valence-corrected chi connectivity index (χ1v) is 36.3. The first-order valence-electron chi connectivity index (χ1n) is 34.8. The van der Waals surface area contributed by atoms with Crippen molar-refractivity contribution in [2.45, 2.75) is 238 Å². The van der Waals surface area contributed by atoms with Gasteiger partial charge in [0.1, 0.15) is 19.8 Å². The van der Waals surface area contributed by atoms with Crippen molar-refractivity contribution in [1.82, 2.24) is 0 Å². The van der Waals surface area contributed by atoms with Crippen molar-refractivity contribution in [3.05, 3.63) is 207 Å². The summed E-state index contributed by atoms with van der Waals surface area (Å²) < 4.78 is 34.6. The number of hydrogen-bond acceptors (Lipinski definition) is 7. The van der Waals surface area contributed by atoms with Crippen LogP contribution < -0.4 is 0 Å². The minimum atomic E-state index is -4.42.